The van der Waals surface area contributed by atoms with Gasteiger partial charge in [-0.2, -0.15) is 0 Å². The summed E-state index contributed by atoms with van der Waals surface area (Å²) in [5.74, 6) is -5.93. The van der Waals surface area contributed by atoms with Crippen molar-refractivity contribution in [2.45, 2.75) is 24.5 Å². The first-order chi connectivity index (χ1) is 15.9. The number of amides is 1. The van der Waals surface area contributed by atoms with Crippen molar-refractivity contribution in [2.24, 2.45) is 11.8 Å². The zero-order chi connectivity index (χ0) is 25.3. The number of phenolic OH excluding ortho intramolecular Hbond substituents is 1. The van der Waals surface area contributed by atoms with Crippen molar-refractivity contribution >= 4 is 28.9 Å². The average Bonchev–Trinajstić information content (AvgIpc) is 2.75. The number of likely N-dealkylation sites (N-methyl/N-ethyl adjacent to an activating group) is 2. The van der Waals surface area contributed by atoms with Crippen molar-refractivity contribution in [3.63, 3.8) is 0 Å². The highest BCUT2D eigenvalue weighted by atomic mass is 16.3. The molecule has 0 aliphatic heterocycles. The number of hydrogen-bond acceptors (Lipinski definition) is 9. The SMILES string of the molecule is CNC(=O)C1=C(O)[C@@]2(O)C(=O)C3=C(O)c4c(O)ccc(N(C)C)c4C[C@H]3C[C@H]2[C@H](N(C)C)C1=O. The van der Waals surface area contributed by atoms with E-state index in [9.17, 15) is 34.8 Å². The van der Waals surface area contributed by atoms with E-state index in [1.54, 1.807) is 20.2 Å². The molecule has 182 valence electrons. The number of carbonyl (C=O) groups is 3. The third-order valence-corrected chi connectivity index (χ3v) is 7.27. The molecule has 1 aromatic rings. The maximum atomic E-state index is 13.8. The van der Waals surface area contributed by atoms with E-state index in [4.69, 9.17) is 0 Å². The van der Waals surface area contributed by atoms with E-state index in [1.807, 2.05) is 19.0 Å². The van der Waals surface area contributed by atoms with Crippen molar-refractivity contribution in [1.29, 1.82) is 0 Å². The number of hydrogen-bond donors (Lipinski definition) is 5. The summed E-state index contributed by atoms with van der Waals surface area (Å²) < 4.78 is 0. The van der Waals surface area contributed by atoms with Crippen LogP contribution in [-0.4, -0.2) is 89.7 Å². The van der Waals surface area contributed by atoms with E-state index in [1.165, 1.54) is 18.0 Å². The number of benzene rings is 1. The van der Waals surface area contributed by atoms with Crippen LogP contribution >= 0.6 is 0 Å². The molecule has 0 saturated heterocycles. The molecule has 5 N–H and O–H groups in total. The molecule has 0 spiro atoms. The van der Waals surface area contributed by atoms with Crippen LogP contribution in [0, 0.1) is 11.8 Å². The van der Waals surface area contributed by atoms with E-state index in [-0.39, 0.29) is 29.7 Å². The second-order valence-corrected chi connectivity index (χ2v) is 9.53. The Morgan fingerprint density at radius 1 is 1.12 bits per heavy atom. The lowest BCUT2D eigenvalue weighted by Gasteiger charge is -2.50. The normalized spacial score (nSPS) is 28.5. The Labute approximate surface area is 196 Å². The lowest BCUT2D eigenvalue weighted by atomic mass is 9.57. The van der Waals surface area contributed by atoms with E-state index >= 15 is 0 Å². The van der Waals surface area contributed by atoms with E-state index < -0.39 is 58.0 Å². The van der Waals surface area contributed by atoms with Gasteiger partial charge >= 0.3 is 0 Å². The summed E-state index contributed by atoms with van der Waals surface area (Å²) in [7, 11) is 8.10. The Kier molecular flexibility index (Phi) is 5.49. The molecule has 1 aromatic carbocycles. The summed E-state index contributed by atoms with van der Waals surface area (Å²) >= 11 is 0. The first-order valence-electron chi connectivity index (χ1n) is 11.0. The second-order valence-electron chi connectivity index (χ2n) is 9.53. The summed E-state index contributed by atoms with van der Waals surface area (Å²) in [5.41, 5.74) is -1.91. The number of aliphatic hydroxyl groups is 3. The van der Waals surface area contributed by atoms with Gasteiger partial charge in [0.1, 0.15) is 22.8 Å². The summed E-state index contributed by atoms with van der Waals surface area (Å²) in [4.78, 5) is 42.8. The molecule has 3 aliphatic rings. The highest BCUT2D eigenvalue weighted by Crippen LogP contribution is 2.53. The first kappa shape index (κ1) is 23.8. The Hall–Kier alpha value is -3.37. The molecule has 34 heavy (non-hydrogen) atoms. The molecule has 0 bridgehead atoms. The lowest BCUT2D eigenvalue weighted by Crippen LogP contribution is -2.65. The van der Waals surface area contributed by atoms with Gasteiger partial charge in [-0.15, -0.1) is 0 Å². The smallest absolute Gasteiger partial charge is 0.258 e. The van der Waals surface area contributed by atoms with Crippen LogP contribution < -0.4 is 10.2 Å². The number of anilines is 1. The van der Waals surface area contributed by atoms with Gasteiger partial charge in [-0.1, -0.05) is 0 Å². The van der Waals surface area contributed by atoms with Crippen molar-refractivity contribution in [3.05, 3.63) is 40.2 Å². The lowest BCUT2D eigenvalue weighted by molar-refractivity contribution is -0.153. The molecule has 3 aliphatic carbocycles. The number of rotatable bonds is 3. The van der Waals surface area contributed by atoms with Crippen LogP contribution in [0.15, 0.2) is 29.0 Å². The third-order valence-electron chi connectivity index (χ3n) is 7.27. The number of phenols is 1. The fraction of sp³-hybridized carbons (Fsp3) is 0.458. The minimum absolute atomic E-state index is 0.0866. The average molecular weight is 472 g/mol. The Morgan fingerprint density at radius 3 is 2.32 bits per heavy atom. The number of Topliss-reactive ketones (excluding diaryl/α,β-unsaturated/α-hetero) is 2. The molecule has 1 fully saturated rings. The highest BCUT2D eigenvalue weighted by molar-refractivity contribution is 6.24. The zero-order valence-electron chi connectivity index (χ0n) is 19.7. The minimum atomic E-state index is -2.59. The van der Waals surface area contributed by atoms with Gasteiger partial charge < -0.3 is 30.6 Å². The number of fused-ring (bicyclic) bond motifs is 3. The Balaban J connectivity index is 1.99. The largest absolute Gasteiger partial charge is 0.508 e. The number of carbonyl (C=O) groups excluding carboxylic acids is 3. The van der Waals surface area contributed by atoms with E-state index in [0.717, 1.165) is 5.69 Å². The fourth-order valence-electron chi connectivity index (χ4n) is 5.75. The van der Waals surface area contributed by atoms with Crippen LogP contribution in [0.2, 0.25) is 0 Å². The van der Waals surface area contributed by atoms with E-state index in [2.05, 4.69) is 5.32 Å². The predicted octanol–water partition coefficient (Wildman–Crippen LogP) is 0.291. The highest BCUT2D eigenvalue weighted by Gasteiger charge is 2.64. The fourth-order valence-corrected chi connectivity index (χ4v) is 5.75. The molecule has 1 amide bonds. The van der Waals surface area contributed by atoms with E-state index in [0.29, 0.717) is 5.56 Å². The number of aromatic hydroxyl groups is 1. The zero-order valence-corrected chi connectivity index (χ0v) is 19.7. The van der Waals surface area contributed by atoms with Crippen LogP contribution in [0.5, 0.6) is 5.75 Å². The number of nitrogens with one attached hydrogen (secondary N) is 1. The second kappa shape index (κ2) is 7.85. The van der Waals surface area contributed by atoms with Crippen LogP contribution in [0.1, 0.15) is 17.5 Å². The van der Waals surface area contributed by atoms with Crippen molar-refractivity contribution < 1.29 is 34.8 Å². The summed E-state index contributed by atoms with van der Waals surface area (Å²) in [5, 5.41) is 46.6. The standard InChI is InChI=1S/C24H29N3O7/c1-25-23(33)17-20(30)18(27(4)5)12-9-10-8-11-13(26(2)3)6-7-14(28)16(11)19(29)15(10)21(31)24(12,34)22(17)32/h6-7,10,12,18,28-29,32,34H,8-9H2,1-5H3,(H,25,33)/t10-,12-,18-,24-/m0/s1. The third kappa shape index (κ3) is 2.98. The number of ketones is 2. The maximum Gasteiger partial charge on any atom is 0.258 e. The minimum Gasteiger partial charge on any atom is -0.508 e. The van der Waals surface area contributed by atoms with Gasteiger partial charge in [-0.05, 0) is 50.6 Å². The molecule has 10 nitrogen and oxygen atoms in total. The van der Waals surface area contributed by atoms with Gasteiger partial charge in [0, 0.05) is 38.3 Å². The molecule has 0 radical (unpaired) electrons. The molecular weight excluding hydrogens is 442 g/mol. The van der Waals surface area contributed by atoms with Crippen molar-refractivity contribution in [1.82, 2.24) is 10.2 Å². The van der Waals surface area contributed by atoms with Crippen LogP contribution in [0.4, 0.5) is 5.69 Å². The van der Waals surface area contributed by atoms with Crippen molar-refractivity contribution in [3.8, 4) is 5.75 Å². The quantitative estimate of drug-likeness (QED) is 0.392. The Bertz CT molecular complexity index is 1180. The van der Waals surface area contributed by atoms with Gasteiger partial charge in [0.2, 0.25) is 5.78 Å². The van der Waals surface area contributed by atoms with Gasteiger partial charge in [-0.3, -0.25) is 19.3 Å². The molecule has 4 rings (SSSR count). The van der Waals surface area contributed by atoms with Gasteiger partial charge in [-0.25, -0.2) is 0 Å². The summed E-state index contributed by atoms with van der Waals surface area (Å²) in [6.07, 6.45) is 0.360. The monoisotopic (exact) mass is 471 g/mol. The molecular formula is C24H29N3O7. The molecule has 0 heterocycles. The number of nitrogens with zero attached hydrogens (tertiary/aromatic N) is 2. The van der Waals surface area contributed by atoms with Gasteiger partial charge in [0.15, 0.2) is 11.4 Å². The Morgan fingerprint density at radius 2 is 1.76 bits per heavy atom. The molecule has 10 heteroatoms. The van der Waals surface area contributed by atoms with Crippen LogP contribution in [-0.2, 0) is 20.8 Å². The predicted molar refractivity (Wildman–Crippen MR) is 123 cm³/mol. The molecule has 0 aromatic heterocycles. The maximum absolute atomic E-state index is 13.8. The van der Waals surface area contributed by atoms with Crippen LogP contribution in [0.25, 0.3) is 5.76 Å². The van der Waals surface area contributed by atoms with Gasteiger partial charge in [0.25, 0.3) is 5.91 Å². The summed E-state index contributed by atoms with van der Waals surface area (Å²) in [6, 6.07) is 2.07. The first-order valence-corrected chi connectivity index (χ1v) is 11.0. The summed E-state index contributed by atoms with van der Waals surface area (Å²) in [6.45, 7) is 0. The molecule has 1 saturated carbocycles. The molecule has 0 unspecified atom stereocenters. The topological polar surface area (TPSA) is 151 Å². The van der Waals surface area contributed by atoms with Crippen molar-refractivity contribution in [2.75, 3.05) is 40.1 Å². The molecule has 4 atom stereocenters. The number of aliphatic hydroxyl groups excluding tert-OH is 2. The van der Waals surface area contributed by atoms with Crippen LogP contribution in [0.3, 0.4) is 0 Å². The van der Waals surface area contributed by atoms with Gasteiger partial charge in [0.05, 0.1) is 11.6 Å².